The number of rotatable bonds is 11. The number of benzene rings is 1. The van der Waals surface area contributed by atoms with Crippen LogP contribution in [0.25, 0.3) is 17.1 Å². The van der Waals surface area contributed by atoms with E-state index in [0.717, 1.165) is 35.4 Å². The summed E-state index contributed by atoms with van der Waals surface area (Å²) < 4.78 is 7.92. The maximum Gasteiger partial charge on any atom is 0.324 e. The van der Waals surface area contributed by atoms with E-state index < -0.39 is 6.03 Å². The van der Waals surface area contributed by atoms with E-state index in [-0.39, 0.29) is 5.41 Å². The molecular weight excluding hydrogens is 578 g/mol. The van der Waals surface area contributed by atoms with Gasteiger partial charge in [0, 0.05) is 40.6 Å². The standard InChI is InChI=1S/C33H47N9O2.C2H6/c1-9-12-15-18-35-31(34)40-30(11-3)44-27(10-2)26-17-14-13-16-25(26)22(4)38-32(43)39-29-19-28(33(6,7)8)41-42(29)24-20-36-23(5)37-21-24;1-2/h11,13-14,16-17,19-21H,9-10,12,15,18H2,1-8H3,(H3,34,35,40)(H2,38,39,43);1-2H3/b25-22+,27-26+,30-11+;. The molecule has 0 aliphatic rings. The van der Waals surface area contributed by atoms with Crippen LogP contribution >= 0.6 is 0 Å². The Kier molecular flexibility index (Phi) is 15.0. The van der Waals surface area contributed by atoms with Crippen molar-refractivity contribution < 1.29 is 9.53 Å². The smallest absolute Gasteiger partial charge is 0.324 e. The zero-order valence-corrected chi connectivity index (χ0v) is 29.3. The van der Waals surface area contributed by atoms with Crippen molar-refractivity contribution in [3.63, 3.8) is 0 Å². The van der Waals surface area contributed by atoms with Crippen LogP contribution in [0.1, 0.15) is 99.5 Å². The summed E-state index contributed by atoms with van der Waals surface area (Å²) in [5.74, 6) is 2.66. The molecule has 2 heterocycles. The highest BCUT2D eigenvalue weighted by Gasteiger charge is 2.22. The van der Waals surface area contributed by atoms with Crippen LogP contribution in [-0.4, -0.2) is 38.3 Å². The minimum atomic E-state index is -0.409. The highest BCUT2D eigenvalue weighted by Crippen LogP contribution is 2.26. The van der Waals surface area contributed by atoms with Crippen LogP contribution < -0.4 is 32.1 Å². The third-order valence-corrected chi connectivity index (χ3v) is 6.78. The monoisotopic (exact) mass is 631 g/mol. The maximum atomic E-state index is 13.3. The molecule has 11 nitrogen and oxygen atoms in total. The van der Waals surface area contributed by atoms with Crippen LogP contribution in [-0.2, 0) is 10.2 Å². The number of hydrogen-bond donors (Lipinski definition) is 4. The van der Waals surface area contributed by atoms with Crippen molar-refractivity contribution >= 4 is 29.3 Å². The Bertz CT molecular complexity index is 1600. The highest BCUT2D eigenvalue weighted by atomic mass is 16.5. The van der Waals surface area contributed by atoms with Crippen molar-refractivity contribution in [2.45, 2.75) is 100 Å². The molecule has 5 N–H and O–H groups in total. The zero-order valence-electron chi connectivity index (χ0n) is 29.3. The molecule has 0 aliphatic carbocycles. The molecule has 0 saturated heterocycles. The van der Waals surface area contributed by atoms with E-state index in [9.17, 15) is 4.79 Å². The summed E-state index contributed by atoms with van der Waals surface area (Å²) in [6, 6.07) is 9.23. The number of amides is 2. The van der Waals surface area contributed by atoms with Crippen LogP contribution in [0.4, 0.5) is 10.6 Å². The van der Waals surface area contributed by atoms with Gasteiger partial charge in [-0.15, -0.1) is 0 Å². The normalized spacial score (nSPS) is 13.3. The average Bonchev–Trinajstić information content (AvgIpc) is 3.47. The molecule has 2 aromatic heterocycles. The van der Waals surface area contributed by atoms with Gasteiger partial charge in [-0.3, -0.25) is 15.6 Å². The number of anilines is 1. The SMILES string of the molecule is C/C=C(\NC(N)=NCCCCC)O/C(CC)=c1\cccc\c1=C(\C)NC(=O)Nc1cc(C(C)(C)C)nn1-c1cnc(C)nc1.CC. The van der Waals surface area contributed by atoms with Crippen molar-refractivity contribution in [3.05, 3.63) is 76.6 Å². The molecule has 2 amide bonds. The Morgan fingerprint density at radius 2 is 1.72 bits per heavy atom. The van der Waals surface area contributed by atoms with E-state index in [4.69, 9.17) is 15.6 Å². The molecule has 0 bridgehead atoms. The van der Waals surface area contributed by atoms with Crippen LogP contribution in [0, 0.1) is 6.92 Å². The number of aromatic nitrogens is 4. The lowest BCUT2D eigenvalue weighted by Crippen LogP contribution is -2.37. The fourth-order valence-electron chi connectivity index (χ4n) is 4.30. The summed E-state index contributed by atoms with van der Waals surface area (Å²) >= 11 is 0. The van der Waals surface area contributed by atoms with Gasteiger partial charge in [0.15, 0.2) is 11.8 Å². The minimum absolute atomic E-state index is 0.233. The number of nitrogens with two attached hydrogens (primary N) is 1. The summed E-state index contributed by atoms with van der Waals surface area (Å²) in [6.07, 6.45) is 9.00. The second-order valence-electron chi connectivity index (χ2n) is 11.4. The Morgan fingerprint density at radius 1 is 1.07 bits per heavy atom. The van der Waals surface area contributed by atoms with Gasteiger partial charge in [-0.1, -0.05) is 85.6 Å². The van der Waals surface area contributed by atoms with Gasteiger partial charge in [-0.25, -0.2) is 19.4 Å². The lowest BCUT2D eigenvalue weighted by atomic mass is 9.92. The molecule has 1 aromatic carbocycles. The Labute approximate surface area is 274 Å². The second kappa shape index (κ2) is 18.3. The number of unbranched alkanes of at least 4 members (excludes halogenated alkanes) is 2. The van der Waals surface area contributed by atoms with Gasteiger partial charge in [0.2, 0.25) is 0 Å². The molecule has 0 unspecified atom stereocenters. The van der Waals surface area contributed by atoms with E-state index in [1.54, 1.807) is 17.1 Å². The number of hydrogen-bond acceptors (Lipinski definition) is 6. The van der Waals surface area contributed by atoms with Gasteiger partial charge in [0.25, 0.3) is 0 Å². The van der Waals surface area contributed by atoms with Gasteiger partial charge in [0.05, 0.1) is 18.1 Å². The summed E-state index contributed by atoms with van der Waals surface area (Å²) in [6.45, 7) is 20.6. The lowest BCUT2D eigenvalue weighted by Gasteiger charge is -2.15. The maximum absolute atomic E-state index is 13.3. The number of guanidine groups is 1. The number of aliphatic imine (C=N–C) groups is 1. The van der Waals surface area contributed by atoms with Gasteiger partial charge in [0.1, 0.15) is 23.1 Å². The number of nitrogens with one attached hydrogen (secondary N) is 3. The van der Waals surface area contributed by atoms with Gasteiger partial charge >= 0.3 is 6.03 Å². The number of aryl methyl sites for hydroxylation is 1. The van der Waals surface area contributed by atoms with Crippen LogP contribution in [0.15, 0.2) is 59.7 Å². The third-order valence-electron chi connectivity index (χ3n) is 6.78. The Balaban J connectivity index is 0.00000361. The fourth-order valence-corrected chi connectivity index (χ4v) is 4.30. The van der Waals surface area contributed by atoms with Crippen molar-refractivity contribution in [1.29, 1.82) is 0 Å². The van der Waals surface area contributed by atoms with Crippen molar-refractivity contribution in [3.8, 4) is 5.69 Å². The highest BCUT2D eigenvalue weighted by molar-refractivity contribution is 5.92. The topological polar surface area (TPSA) is 144 Å². The first-order chi connectivity index (χ1) is 22.0. The average molecular weight is 632 g/mol. The fraction of sp³-hybridized carbons (Fsp3) is 0.457. The van der Waals surface area contributed by atoms with Crippen LogP contribution in [0.3, 0.4) is 0 Å². The number of urea groups is 1. The third kappa shape index (κ3) is 11.0. The van der Waals surface area contributed by atoms with Crippen LogP contribution in [0.5, 0.6) is 0 Å². The van der Waals surface area contributed by atoms with E-state index in [2.05, 4.69) is 58.6 Å². The molecule has 0 fully saturated rings. The Morgan fingerprint density at radius 3 is 2.30 bits per heavy atom. The number of allylic oxidation sites excluding steroid dienone is 1. The summed E-state index contributed by atoms with van der Waals surface area (Å²) in [5.41, 5.74) is 7.98. The van der Waals surface area contributed by atoms with Crippen LogP contribution in [0.2, 0.25) is 0 Å². The molecule has 3 aromatic rings. The summed E-state index contributed by atoms with van der Waals surface area (Å²) in [7, 11) is 0. The van der Waals surface area contributed by atoms with E-state index in [1.165, 1.54) is 0 Å². The number of carbonyl (C=O) groups is 1. The molecular formula is C35H53N9O2. The zero-order chi connectivity index (χ0) is 34.3. The van der Waals surface area contributed by atoms with Crippen molar-refractivity contribution in [2.75, 3.05) is 11.9 Å². The number of ether oxygens (including phenoxy) is 1. The van der Waals surface area contributed by atoms with Gasteiger partial charge in [-0.2, -0.15) is 5.10 Å². The van der Waals surface area contributed by atoms with E-state index in [1.807, 2.05) is 78.0 Å². The van der Waals surface area contributed by atoms with Gasteiger partial charge in [-0.05, 0) is 33.3 Å². The van der Waals surface area contributed by atoms with Gasteiger partial charge < -0.3 is 15.8 Å². The Hall–Kier alpha value is -4.67. The molecule has 0 atom stereocenters. The molecule has 0 saturated carbocycles. The molecule has 0 spiro atoms. The molecule has 0 aliphatic heterocycles. The minimum Gasteiger partial charge on any atom is -0.445 e. The predicted octanol–water partition coefficient (Wildman–Crippen LogP) is 5.73. The summed E-state index contributed by atoms with van der Waals surface area (Å²) in [5, 5.41) is 15.4. The number of nitrogens with zero attached hydrogens (tertiary/aromatic N) is 5. The van der Waals surface area contributed by atoms with E-state index in [0.29, 0.717) is 53.6 Å². The second-order valence-corrected chi connectivity index (χ2v) is 11.4. The molecule has 46 heavy (non-hydrogen) atoms. The largest absolute Gasteiger partial charge is 0.445 e. The number of carbonyl (C=O) groups excluding carboxylic acids is 1. The first-order valence-electron chi connectivity index (χ1n) is 16.1. The lowest BCUT2D eigenvalue weighted by molar-refractivity contribution is 0.255. The van der Waals surface area contributed by atoms with Crippen molar-refractivity contribution in [1.82, 2.24) is 30.4 Å². The molecule has 11 heteroatoms. The van der Waals surface area contributed by atoms with E-state index >= 15 is 0 Å². The first-order valence-corrected chi connectivity index (χ1v) is 16.1. The molecule has 0 radical (unpaired) electrons. The molecule has 250 valence electrons. The first kappa shape index (κ1) is 37.5. The van der Waals surface area contributed by atoms with Crippen molar-refractivity contribution in [2.24, 2.45) is 10.7 Å². The quantitative estimate of drug-likeness (QED) is 0.0915. The summed E-state index contributed by atoms with van der Waals surface area (Å²) in [4.78, 5) is 26.3. The molecule has 3 rings (SSSR count). The predicted molar refractivity (Wildman–Crippen MR) is 189 cm³/mol.